The van der Waals surface area contributed by atoms with Crippen LogP contribution in [0.15, 0.2) is 11.2 Å². The van der Waals surface area contributed by atoms with E-state index in [-0.39, 0.29) is 6.61 Å². The van der Waals surface area contributed by atoms with Crippen LogP contribution in [0.4, 0.5) is 11.6 Å². The Morgan fingerprint density at radius 2 is 2.38 bits per heavy atom. The van der Waals surface area contributed by atoms with Gasteiger partial charge in [-0.3, -0.25) is 0 Å². The number of hydrogen-bond acceptors (Lipinski definition) is 7. The highest BCUT2D eigenvalue weighted by atomic mass is 32.2. The van der Waals surface area contributed by atoms with Gasteiger partial charge in [-0.05, 0) is 6.26 Å². The van der Waals surface area contributed by atoms with Crippen molar-refractivity contribution in [2.75, 3.05) is 37.6 Å². The predicted octanol–water partition coefficient (Wildman–Crippen LogP) is 0.200. The molecule has 0 aliphatic rings. The van der Waals surface area contributed by atoms with Crippen LogP contribution in [0.25, 0.3) is 0 Å². The second kappa shape index (κ2) is 6.51. The van der Waals surface area contributed by atoms with Gasteiger partial charge in [0, 0.05) is 19.7 Å². The maximum absolute atomic E-state index is 9.44. The molecule has 1 unspecified atom stereocenters. The number of thioether (sulfide) groups is 1. The first-order valence-corrected chi connectivity index (χ1v) is 5.97. The van der Waals surface area contributed by atoms with Crippen LogP contribution in [-0.4, -0.2) is 47.7 Å². The van der Waals surface area contributed by atoms with Crippen LogP contribution in [-0.2, 0) is 4.74 Å². The van der Waals surface area contributed by atoms with Crippen LogP contribution in [0, 0.1) is 0 Å². The van der Waals surface area contributed by atoms with Gasteiger partial charge < -0.3 is 20.9 Å². The number of aliphatic hydroxyl groups excluding tert-OH is 1. The lowest BCUT2D eigenvalue weighted by atomic mass is 10.4. The molecule has 1 rings (SSSR count). The molecule has 1 atom stereocenters. The van der Waals surface area contributed by atoms with Crippen molar-refractivity contribution in [1.29, 1.82) is 0 Å². The Bertz CT molecular complexity index is 337. The number of nitrogens with zero attached hydrogens (tertiary/aromatic N) is 2. The Morgan fingerprint density at radius 3 is 3.00 bits per heavy atom. The predicted molar refractivity (Wildman–Crippen MR) is 64.6 cm³/mol. The number of aliphatic hydroxyl groups is 1. The van der Waals surface area contributed by atoms with E-state index in [0.717, 1.165) is 0 Å². The van der Waals surface area contributed by atoms with Gasteiger partial charge in [0.05, 0.1) is 12.7 Å². The van der Waals surface area contributed by atoms with Gasteiger partial charge in [0.15, 0.2) is 5.16 Å². The van der Waals surface area contributed by atoms with Crippen LogP contribution in [0.3, 0.4) is 0 Å². The molecule has 1 aromatic heterocycles. The van der Waals surface area contributed by atoms with E-state index in [1.54, 1.807) is 6.07 Å². The molecule has 0 aliphatic heterocycles. The number of nitrogens with one attached hydrogen (secondary N) is 1. The van der Waals surface area contributed by atoms with Gasteiger partial charge in [-0.2, -0.15) is 0 Å². The number of nitrogens with two attached hydrogens (primary N) is 1. The molecule has 4 N–H and O–H groups in total. The van der Waals surface area contributed by atoms with Crippen LogP contribution in [0.2, 0.25) is 0 Å². The third kappa shape index (κ3) is 4.21. The fourth-order valence-corrected chi connectivity index (χ4v) is 1.48. The van der Waals surface area contributed by atoms with Crippen molar-refractivity contribution >= 4 is 23.4 Å². The summed E-state index contributed by atoms with van der Waals surface area (Å²) < 4.78 is 4.81. The maximum Gasteiger partial charge on any atom is 0.191 e. The number of hydrogen-bond donors (Lipinski definition) is 3. The fourth-order valence-electron chi connectivity index (χ4n) is 1.10. The molecule has 0 bridgehead atoms. The summed E-state index contributed by atoms with van der Waals surface area (Å²) in [6.07, 6.45) is 1.30. The SMILES string of the molecule is COCC(O)CNc1cc(N)nc(SC)n1. The second-order valence-electron chi connectivity index (χ2n) is 3.15. The number of nitrogen functional groups attached to an aromatic ring is 1. The summed E-state index contributed by atoms with van der Waals surface area (Å²) in [6.45, 7) is 0.640. The molecule has 0 saturated heterocycles. The van der Waals surface area contributed by atoms with E-state index in [2.05, 4.69) is 15.3 Å². The minimum Gasteiger partial charge on any atom is -0.389 e. The number of aromatic nitrogens is 2. The van der Waals surface area contributed by atoms with E-state index < -0.39 is 6.10 Å². The first kappa shape index (κ1) is 13.0. The standard InChI is InChI=1S/C9H16N4O2S/c1-15-5-6(14)4-11-8-3-7(10)12-9(13-8)16-2/h3,6,14H,4-5H2,1-2H3,(H3,10,11,12,13). The highest BCUT2D eigenvalue weighted by Crippen LogP contribution is 2.14. The van der Waals surface area contributed by atoms with Crippen molar-refractivity contribution in [2.45, 2.75) is 11.3 Å². The summed E-state index contributed by atoms with van der Waals surface area (Å²) in [6, 6.07) is 1.62. The van der Waals surface area contributed by atoms with Gasteiger partial charge in [-0.15, -0.1) is 0 Å². The van der Waals surface area contributed by atoms with E-state index in [1.165, 1.54) is 18.9 Å². The number of anilines is 2. The summed E-state index contributed by atoms with van der Waals surface area (Å²) in [5.41, 5.74) is 5.61. The lowest BCUT2D eigenvalue weighted by molar-refractivity contribution is 0.0727. The maximum atomic E-state index is 9.44. The van der Waals surface area contributed by atoms with E-state index in [1.807, 2.05) is 6.26 Å². The lowest BCUT2D eigenvalue weighted by Gasteiger charge is -2.11. The summed E-state index contributed by atoms with van der Waals surface area (Å²) in [7, 11) is 1.54. The lowest BCUT2D eigenvalue weighted by Crippen LogP contribution is -2.24. The van der Waals surface area contributed by atoms with Gasteiger partial charge in [-0.1, -0.05) is 11.8 Å². The molecular weight excluding hydrogens is 228 g/mol. The Balaban J connectivity index is 2.56. The molecule has 0 radical (unpaired) electrons. The third-order valence-corrected chi connectivity index (χ3v) is 2.33. The Labute approximate surface area is 98.6 Å². The highest BCUT2D eigenvalue weighted by Gasteiger charge is 2.05. The molecule has 16 heavy (non-hydrogen) atoms. The normalized spacial score (nSPS) is 12.4. The molecule has 0 aromatic carbocycles. The smallest absolute Gasteiger partial charge is 0.191 e. The van der Waals surface area contributed by atoms with Crippen molar-refractivity contribution < 1.29 is 9.84 Å². The Kier molecular flexibility index (Phi) is 5.30. The molecule has 1 heterocycles. The van der Waals surface area contributed by atoms with Crippen LogP contribution in [0.5, 0.6) is 0 Å². The molecule has 0 saturated carbocycles. The summed E-state index contributed by atoms with van der Waals surface area (Å²) in [5.74, 6) is 1.01. The zero-order valence-electron chi connectivity index (χ0n) is 9.30. The zero-order chi connectivity index (χ0) is 12.0. The average molecular weight is 244 g/mol. The Morgan fingerprint density at radius 1 is 1.62 bits per heavy atom. The third-order valence-electron chi connectivity index (χ3n) is 1.79. The summed E-state index contributed by atoms with van der Waals surface area (Å²) in [4.78, 5) is 8.21. The highest BCUT2D eigenvalue weighted by molar-refractivity contribution is 7.98. The van der Waals surface area contributed by atoms with Gasteiger partial charge in [-0.25, -0.2) is 9.97 Å². The second-order valence-corrected chi connectivity index (χ2v) is 3.93. The van der Waals surface area contributed by atoms with Gasteiger partial charge >= 0.3 is 0 Å². The molecule has 0 spiro atoms. The molecule has 90 valence electrons. The van der Waals surface area contributed by atoms with Crippen molar-refractivity contribution in [3.05, 3.63) is 6.07 Å². The fraction of sp³-hybridized carbons (Fsp3) is 0.556. The quantitative estimate of drug-likeness (QED) is 0.486. The van der Waals surface area contributed by atoms with Crippen LogP contribution < -0.4 is 11.1 Å². The van der Waals surface area contributed by atoms with Crippen LogP contribution in [0.1, 0.15) is 0 Å². The van der Waals surface area contributed by atoms with Crippen LogP contribution >= 0.6 is 11.8 Å². The number of rotatable bonds is 6. The van der Waals surface area contributed by atoms with Gasteiger partial charge in [0.25, 0.3) is 0 Å². The molecule has 1 aromatic rings. The van der Waals surface area contributed by atoms with E-state index in [9.17, 15) is 5.11 Å². The molecule has 7 heteroatoms. The van der Waals surface area contributed by atoms with Gasteiger partial charge in [0.1, 0.15) is 11.6 Å². The minimum absolute atomic E-state index is 0.281. The van der Waals surface area contributed by atoms with E-state index in [0.29, 0.717) is 23.3 Å². The minimum atomic E-state index is -0.570. The summed E-state index contributed by atoms with van der Waals surface area (Å²) >= 11 is 1.41. The monoisotopic (exact) mass is 244 g/mol. The van der Waals surface area contributed by atoms with Crippen molar-refractivity contribution in [3.63, 3.8) is 0 Å². The zero-order valence-corrected chi connectivity index (χ0v) is 10.1. The van der Waals surface area contributed by atoms with Crippen molar-refractivity contribution in [3.8, 4) is 0 Å². The average Bonchev–Trinajstić information content (AvgIpc) is 2.26. The summed E-state index contributed by atoms with van der Waals surface area (Å²) in [5, 5.41) is 13.0. The topological polar surface area (TPSA) is 93.3 Å². The molecule has 6 nitrogen and oxygen atoms in total. The Hall–Kier alpha value is -1.05. The molecule has 0 amide bonds. The number of ether oxygens (including phenoxy) is 1. The van der Waals surface area contributed by atoms with Crippen molar-refractivity contribution in [1.82, 2.24) is 9.97 Å². The van der Waals surface area contributed by atoms with E-state index >= 15 is 0 Å². The largest absolute Gasteiger partial charge is 0.389 e. The molecular formula is C9H16N4O2S. The van der Waals surface area contributed by atoms with Crippen molar-refractivity contribution in [2.24, 2.45) is 0 Å². The van der Waals surface area contributed by atoms with E-state index in [4.69, 9.17) is 10.5 Å². The number of methoxy groups -OCH3 is 1. The first-order chi connectivity index (χ1) is 7.65. The first-order valence-electron chi connectivity index (χ1n) is 4.75. The van der Waals surface area contributed by atoms with Gasteiger partial charge in [0.2, 0.25) is 0 Å². The molecule has 0 aliphatic carbocycles. The molecule has 0 fully saturated rings.